The summed E-state index contributed by atoms with van der Waals surface area (Å²) in [5, 5.41) is 6.54. The lowest BCUT2D eigenvalue weighted by atomic mass is 10.0. The molecule has 0 bridgehead atoms. The average molecular weight is 258 g/mol. The summed E-state index contributed by atoms with van der Waals surface area (Å²) >= 11 is 0. The monoisotopic (exact) mass is 258 g/mol. The molecule has 1 aromatic carbocycles. The zero-order chi connectivity index (χ0) is 13.5. The second kappa shape index (κ2) is 4.55. The van der Waals surface area contributed by atoms with E-state index in [1.165, 1.54) is 12.8 Å². The number of carbonyl (C=O) groups excluding carboxylic acids is 1. The number of benzene rings is 1. The first-order chi connectivity index (χ1) is 9.07. The smallest absolute Gasteiger partial charge is 0.227 e. The van der Waals surface area contributed by atoms with Crippen LogP contribution in [0.3, 0.4) is 0 Å². The number of carbonyl (C=O) groups is 1. The van der Waals surface area contributed by atoms with E-state index >= 15 is 0 Å². The molecule has 0 heterocycles. The second-order valence-electron chi connectivity index (χ2n) is 6.36. The Hall–Kier alpha value is -1.51. The van der Waals surface area contributed by atoms with Crippen molar-refractivity contribution < 1.29 is 4.79 Å². The number of hydrogen-bond acceptors (Lipinski definition) is 2. The Labute approximate surface area is 114 Å². The minimum Gasteiger partial charge on any atom is -0.382 e. The van der Waals surface area contributed by atoms with Crippen LogP contribution in [-0.4, -0.2) is 11.9 Å². The van der Waals surface area contributed by atoms with Gasteiger partial charge in [-0.05, 0) is 56.2 Å². The molecule has 2 saturated carbocycles. The fourth-order valence-electron chi connectivity index (χ4n) is 2.33. The molecule has 3 heteroatoms. The minimum atomic E-state index is 0.166. The standard InChI is InChI=1S/C16H22N2O/c1-11(16(2)8-9-16)17-13-4-3-5-14(10-13)18-15(19)12-6-7-12/h3-5,10-12,17H,6-9H2,1-2H3,(H,18,19). The molecule has 3 rings (SSSR count). The second-order valence-corrected chi connectivity index (χ2v) is 6.36. The van der Waals surface area contributed by atoms with Gasteiger partial charge in [-0.2, -0.15) is 0 Å². The molecule has 0 radical (unpaired) electrons. The zero-order valence-electron chi connectivity index (χ0n) is 11.7. The maximum absolute atomic E-state index is 11.7. The van der Waals surface area contributed by atoms with E-state index in [1.54, 1.807) is 0 Å². The summed E-state index contributed by atoms with van der Waals surface area (Å²) in [6, 6.07) is 8.51. The van der Waals surface area contributed by atoms with Crippen molar-refractivity contribution in [2.75, 3.05) is 10.6 Å². The van der Waals surface area contributed by atoms with Crippen LogP contribution in [0.4, 0.5) is 11.4 Å². The Morgan fingerprint density at radius 1 is 1.32 bits per heavy atom. The van der Waals surface area contributed by atoms with Crippen LogP contribution in [0.25, 0.3) is 0 Å². The molecule has 19 heavy (non-hydrogen) atoms. The fraction of sp³-hybridized carbons (Fsp3) is 0.562. The summed E-state index contributed by atoms with van der Waals surface area (Å²) in [5.41, 5.74) is 2.44. The highest BCUT2D eigenvalue weighted by atomic mass is 16.2. The number of hydrogen-bond donors (Lipinski definition) is 2. The van der Waals surface area contributed by atoms with Crippen LogP contribution in [0.5, 0.6) is 0 Å². The van der Waals surface area contributed by atoms with Crippen LogP contribution in [0.15, 0.2) is 24.3 Å². The first-order valence-corrected chi connectivity index (χ1v) is 7.24. The first kappa shape index (κ1) is 12.5. The van der Waals surface area contributed by atoms with Crippen molar-refractivity contribution in [3.63, 3.8) is 0 Å². The molecule has 0 aliphatic heterocycles. The maximum Gasteiger partial charge on any atom is 0.227 e. The van der Waals surface area contributed by atoms with E-state index in [0.717, 1.165) is 24.2 Å². The van der Waals surface area contributed by atoms with Crippen molar-refractivity contribution in [2.24, 2.45) is 11.3 Å². The van der Waals surface area contributed by atoms with E-state index in [-0.39, 0.29) is 11.8 Å². The van der Waals surface area contributed by atoms with Crippen molar-refractivity contribution in [3.05, 3.63) is 24.3 Å². The Balaban J connectivity index is 1.63. The largest absolute Gasteiger partial charge is 0.382 e. The van der Waals surface area contributed by atoms with E-state index in [9.17, 15) is 4.79 Å². The van der Waals surface area contributed by atoms with Gasteiger partial charge < -0.3 is 10.6 Å². The summed E-state index contributed by atoms with van der Waals surface area (Å²) in [6.45, 7) is 4.56. The third-order valence-electron chi connectivity index (χ3n) is 4.55. The third kappa shape index (κ3) is 2.91. The van der Waals surface area contributed by atoms with Gasteiger partial charge in [0.1, 0.15) is 0 Å². The van der Waals surface area contributed by atoms with Gasteiger partial charge in [0.15, 0.2) is 0 Å². The maximum atomic E-state index is 11.7. The molecular formula is C16H22N2O. The molecule has 1 unspecified atom stereocenters. The van der Waals surface area contributed by atoms with Gasteiger partial charge in [-0.25, -0.2) is 0 Å². The van der Waals surface area contributed by atoms with Crippen LogP contribution < -0.4 is 10.6 Å². The number of nitrogens with one attached hydrogen (secondary N) is 2. The molecule has 0 spiro atoms. The van der Waals surface area contributed by atoms with Crippen molar-refractivity contribution >= 4 is 17.3 Å². The Bertz CT molecular complexity index is 489. The van der Waals surface area contributed by atoms with Crippen molar-refractivity contribution in [1.82, 2.24) is 0 Å². The zero-order valence-corrected chi connectivity index (χ0v) is 11.7. The van der Waals surface area contributed by atoms with E-state index in [2.05, 4.69) is 30.5 Å². The van der Waals surface area contributed by atoms with Crippen LogP contribution in [0, 0.1) is 11.3 Å². The molecule has 2 N–H and O–H groups in total. The summed E-state index contributed by atoms with van der Waals surface area (Å²) in [5.74, 6) is 0.417. The molecule has 1 amide bonds. The van der Waals surface area contributed by atoms with Crippen molar-refractivity contribution in [3.8, 4) is 0 Å². The summed E-state index contributed by atoms with van der Waals surface area (Å²) in [7, 11) is 0. The molecular weight excluding hydrogens is 236 g/mol. The molecule has 2 aliphatic carbocycles. The molecule has 1 aromatic rings. The lowest BCUT2D eigenvalue weighted by molar-refractivity contribution is -0.117. The van der Waals surface area contributed by atoms with Crippen molar-refractivity contribution in [1.29, 1.82) is 0 Å². The Morgan fingerprint density at radius 3 is 2.63 bits per heavy atom. The minimum absolute atomic E-state index is 0.166. The van der Waals surface area contributed by atoms with Crippen LogP contribution in [0.2, 0.25) is 0 Å². The van der Waals surface area contributed by atoms with Gasteiger partial charge in [-0.15, -0.1) is 0 Å². The number of anilines is 2. The molecule has 0 saturated heterocycles. The van der Waals surface area contributed by atoms with E-state index in [1.807, 2.05) is 18.2 Å². The summed E-state index contributed by atoms with van der Waals surface area (Å²) in [4.78, 5) is 11.7. The summed E-state index contributed by atoms with van der Waals surface area (Å²) < 4.78 is 0. The van der Waals surface area contributed by atoms with Gasteiger partial charge >= 0.3 is 0 Å². The molecule has 2 aliphatic rings. The molecule has 2 fully saturated rings. The number of amides is 1. The molecule has 102 valence electrons. The topological polar surface area (TPSA) is 41.1 Å². The quantitative estimate of drug-likeness (QED) is 0.846. The van der Waals surface area contributed by atoms with Gasteiger partial charge in [-0.3, -0.25) is 4.79 Å². The first-order valence-electron chi connectivity index (χ1n) is 7.24. The highest BCUT2D eigenvalue weighted by Gasteiger charge is 2.42. The fourth-order valence-corrected chi connectivity index (χ4v) is 2.33. The number of rotatable bonds is 5. The van der Waals surface area contributed by atoms with Gasteiger partial charge in [0.25, 0.3) is 0 Å². The normalized spacial score (nSPS) is 21.6. The van der Waals surface area contributed by atoms with Crippen LogP contribution in [-0.2, 0) is 4.79 Å². The van der Waals surface area contributed by atoms with E-state index in [0.29, 0.717) is 11.5 Å². The molecule has 1 atom stereocenters. The van der Waals surface area contributed by atoms with Crippen molar-refractivity contribution in [2.45, 2.75) is 45.6 Å². The predicted octanol–water partition coefficient (Wildman–Crippen LogP) is 3.64. The molecule has 0 aromatic heterocycles. The molecule has 3 nitrogen and oxygen atoms in total. The average Bonchev–Trinajstić information content (AvgIpc) is 3.24. The predicted molar refractivity (Wildman–Crippen MR) is 78.2 cm³/mol. The lowest BCUT2D eigenvalue weighted by Gasteiger charge is -2.22. The Morgan fingerprint density at radius 2 is 2.00 bits per heavy atom. The van der Waals surface area contributed by atoms with E-state index in [4.69, 9.17) is 0 Å². The highest BCUT2D eigenvalue weighted by Crippen LogP contribution is 2.48. The van der Waals surface area contributed by atoms with E-state index < -0.39 is 0 Å². The third-order valence-corrected chi connectivity index (χ3v) is 4.55. The van der Waals surface area contributed by atoms with Gasteiger partial charge in [0, 0.05) is 23.3 Å². The SMILES string of the molecule is CC(Nc1cccc(NC(=O)C2CC2)c1)C1(C)CC1. The van der Waals surface area contributed by atoms with Gasteiger partial charge in [-0.1, -0.05) is 13.0 Å². The lowest BCUT2D eigenvalue weighted by Crippen LogP contribution is -2.24. The highest BCUT2D eigenvalue weighted by molar-refractivity contribution is 5.94. The van der Waals surface area contributed by atoms with Crippen LogP contribution in [0.1, 0.15) is 39.5 Å². The Kier molecular flexibility index (Phi) is 3.00. The summed E-state index contributed by atoms with van der Waals surface area (Å²) in [6.07, 6.45) is 4.69. The van der Waals surface area contributed by atoms with Gasteiger partial charge in [0.05, 0.1) is 0 Å². The van der Waals surface area contributed by atoms with Gasteiger partial charge in [0.2, 0.25) is 5.91 Å². The van der Waals surface area contributed by atoms with Crippen LogP contribution >= 0.6 is 0 Å².